The number of nitrogens with two attached hydrogens (primary N) is 1. The normalized spacial score (nSPS) is 10.0. The van der Waals surface area contributed by atoms with Gasteiger partial charge in [0.05, 0.1) is 11.1 Å². The van der Waals surface area contributed by atoms with Crippen molar-refractivity contribution in [2.45, 2.75) is 13.8 Å². The van der Waals surface area contributed by atoms with Gasteiger partial charge in [0.1, 0.15) is 29.3 Å². The van der Waals surface area contributed by atoms with Crippen molar-refractivity contribution in [2.75, 3.05) is 5.73 Å². The highest BCUT2D eigenvalue weighted by Gasteiger charge is 2.10. The largest absolute Gasteiger partial charge is 0.438 e. The molecule has 5 nitrogen and oxygen atoms in total. The van der Waals surface area contributed by atoms with Gasteiger partial charge in [0, 0.05) is 6.07 Å². The maximum atomic E-state index is 13.5. The maximum absolute atomic E-state index is 13.5. The number of benzene rings is 1. The van der Waals surface area contributed by atoms with E-state index in [9.17, 15) is 4.39 Å². The fourth-order valence-electron chi connectivity index (χ4n) is 1.48. The average molecular weight is 258 g/mol. The van der Waals surface area contributed by atoms with E-state index >= 15 is 0 Å². The van der Waals surface area contributed by atoms with Crippen LogP contribution < -0.4 is 10.5 Å². The Labute approximate surface area is 109 Å². The van der Waals surface area contributed by atoms with Crippen LogP contribution in [0.4, 0.5) is 10.2 Å². The van der Waals surface area contributed by atoms with E-state index < -0.39 is 5.82 Å². The first-order valence-electron chi connectivity index (χ1n) is 5.49. The molecule has 0 spiro atoms. The summed E-state index contributed by atoms with van der Waals surface area (Å²) < 4.78 is 18.9. The van der Waals surface area contributed by atoms with Crippen LogP contribution in [0.15, 0.2) is 18.2 Å². The summed E-state index contributed by atoms with van der Waals surface area (Å²) in [5.74, 6) is 0.659. The molecule has 96 valence electrons. The lowest BCUT2D eigenvalue weighted by molar-refractivity contribution is 0.451. The van der Waals surface area contributed by atoms with E-state index in [4.69, 9.17) is 15.7 Å². The van der Waals surface area contributed by atoms with E-state index in [0.717, 1.165) is 6.07 Å². The average Bonchev–Trinajstić information content (AvgIpc) is 2.35. The van der Waals surface area contributed by atoms with Crippen LogP contribution in [-0.4, -0.2) is 9.97 Å². The molecule has 0 bridgehead atoms. The zero-order valence-corrected chi connectivity index (χ0v) is 10.4. The summed E-state index contributed by atoms with van der Waals surface area (Å²) in [4.78, 5) is 8.09. The molecular formula is C13H11FN4O. The second-order valence-electron chi connectivity index (χ2n) is 3.94. The molecule has 19 heavy (non-hydrogen) atoms. The molecule has 0 aliphatic rings. The quantitative estimate of drug-likeness (QED) is 0.894. The highest BCUT2D eigenvalue weighted by molar-refractivity contribution is 5.46. The molecule has 1 aromatic heterocycles. The van der Waals surface area contributed by atoms with Gasteiger partial charge in [0.2, 0.25) is 5.88 Å². The molecule has 0 unspecified atom stereocenters. The minimum Gasteiger partial charge on any atom is -0.438 e. The summed E-state index contributed by atoms with van der Waals surface area (Å²) in [5, 5.41) is 8.65. The van der Waals surface area contributed by atoms with E-state index in [-0.39, 0.29) is 17.2 Å². The molecule has 1 aromatic carbocycles. The van der Waals surface area contributed by atoms with Gasteiger partial charge in [-0.3, -0.25) is 0 Å². The lowest BCUT2D eigenvalue weighted by Gasteiger charge is -2.10. The summed E-state index contributed by atoms with van der Waals surface area (Å²) in [6, 6.07) is 5.71. The van der Waals surface area contributed by atoms with Crippen LogP contribution in [-0.2, 0) is 0 Å². The van der Waals surface area contributed by atoms with Crippen LogP contribution in [0.1, 0.15) is 17.0 Å². The molecule has 2 N–H and O–H groups in total. The summed E-state index contributed by atoms with van der Waals surface area (Å²) in [6.07, 6.45) is 0. The number of anilines is 1. The highest BCUT2D eigenvalue weighted by atomic mass is 19.1. The Balaban J connectivity index is 2.37. The fourth-order valence-corrected chi connectivity index (χ4v) is 1.48. The number of nitrogen functional groups attached to an aromatic ring is 1. The van der Waals surface area contributed by atoms with Crippen molar-refractivity contribution in [2.24, 2.45) is 0 Å². The Hall–Kier alpha value is -2.68. The third-order valence-electron chi connectivity index (χ3n) is 2.53. The van der Waals surface area contributed by atoms with Crippen LogP contribution >= 0.6 is 0 Å². The Kier molecular flexibility index (Phi) is 3.29. The number of hydrogen-bond donors (Lipinski definition) is 1. The molecule has 0 aliphatic carbocycles. The first-order valence-corrected chi connectivity index (χ1v) is 5.49. The number of nitriles is 1. The molecule has 6 heteroatoms. The summed E-state index contributed by atoms with van der Waals surface area (Å²) in [7, 11) is 0. The van der Waals surface area contributed by atoms with Gasteiger partial charge in [-0.1, -0.05) is 0 Å². The van der Waals surface area contributed by atoms with Crippen LogP contribution in [0.25, 0.3) is 0 Å². The van der Waals surface area contributed by atoms with Gasteiger partial charge in [-0.05, 0) is 26.0 Å². The predicted octanol–water partition coefficient (Wildman–Crippen LogP) is 2.48. The number of rotatable bonds is 2. The van der Waals surface area contributed by atoms with Crippen molar-refractivity contribution in [1.82, 2.24) is 9.97 Å². The number of hydrogen-bond acceptors (Lipinski definition) is 5. The Morgan fingerprint density at radius 2 is 2.05 bits per heavy atom. The number of aromatic nitrogens is 2. The van der Waals surface area contributed by atoms with Gasteiger partial charge in [-0.2, -0.15) is 10.2 Å². The van der Waals surface area contributed by atoms with Crippen LogP contribution in [0.2, 0.25) is 0 Å². The minimum atomic E-state index is -0.642. The summed E-state index contributed by atoms with van der Waals surface area (Å²) in [5.41, 5.74) is 6.24. The molecule has 0 radical (unpaired) electrons. The van der Waals surface area contributed by atoms with E-state index in [0.29, 0.717) is 17.2 Å². The van der Waals surface area contributed by atoms with E-state index in [1.807, 2.05) is 0 Å². The van der Waals surface area contributed by atoms with Crippen molar-refractivity contribution in [3.63, 3.8) is 0 Å². The zero-order valence-electron chi connectivity index (χ0n) is 10.4. The fraction of sp³-hybridized carbons (Fsp3) is 0.154. The first kappa shape index (κ1) is 12.8. The molecule has 2 aromatic rings. The Morgan fingerprint density at radius 1 is 1.32 bits per heavy atom. The molecule has 2 rings (SSSR count). The molecule has 0 saturated carbocycles. The molecule has 1 heterocycles. The van der Waals surface area contributed by atoms with Crippen molar-refractivity contribution in [3.05, 3.63) is 41.0 Å². The SMILES string of the molecule is Cc1nc(N)c(C)c(Oc2ccc(C#N)c(F)c2)n1. The molecule has 0 saturated heterocycles. The predicted molar refractivity (Wildman–Crippen MR) is 67.1 cm³/mol. The standard InChI is InChI=1S/C13H11FN4O/c1-7-12(16)17-8(2)18-13(7)19-10-4-3-9(6-15)11(14)5-10/h3-5H,1-2H3,(H2,16,17,18). The zero-order chi connectivity index (χ0) is 14.0. The first-order chi connectivity index (χ1) is 9.01. The van der Waals surface area contributed by atoms with Gasteiger partial charge >= 0.3 is 0 Å². The third-order valence-corrected chi connectivity index (χ3v) is 2.53. The lowest BCUT2D eigenvalue weighted by atomic mass is 10.2. The molecule has 0 aliphatic heterocycles. The van der Waals surface area contributed by atoms with E-state index in [2.05, 4.69) is 9.97 Å². The minimum absolute atomic E-state index is 0.0394. The Morgan fingerprint density at radius 3 is 2.68 bits per heavy atom. The van der Waals surface area contributed by atoms with Gasteiger partial charge < -0.3 is 10.5 Å². The second kappa shape index (κ2) is 4.90. The number of aryl methyl sites for hydroxylation is 1. The molecule has 0 fully saturated rings. The van der Waals surface area contributed by atoms with Gasteiger partial charge in [0.25, 0.3) is 0 Å². The number of nitrogens with zero attached hydrogens (tertiary/aromatic N) is 3. The molecular weight excluding hydrogens is 247 g/mol. The van der Waals surface area contributed by atoms with Crippen molar-refractivity contribution >= 4 is 5.82 Å². The van der Waals surface area contributed by atoms with Crippen LogP contribution in [0.3, 0.4) is 0 Å². The van der Waals surface area contributed by atoms with Crippen molar-refractivity contribution < 1.29 is 9.13 Å². The smallest absolute Gasteiger partial charge is 0.227 e. The van der Waals surface area contributed by atoms with E-state index in [1.54, 1.807) is 19.9 Å². The number of ether oxygens (including phenoxy) is 1. The third kappa shape index (κ3) is 2.60. The van der Waals surface area contributed by atoms with Crippen molar-refractivity contribution in [3.8, 4) is 17.7 Å². The maximum Gasteiger partial charge on any atom is 0.227 e. The lowest BCUT2D eigenvalue weighted by Crippen LogP contribution is -2.02. The second-order valence-corrected chi connectivity index (χ2v) is 3.94. The summed E-state index contributed by atoms with van der Waals surface area (Å²) >= 11 is 0. The van der Waals surface area contributed by atoms with Gasteiger partial charge in [-0.25, -0.2) is 9.37 Å². The van der Waals surface area contributed by atoms with Crippen LogP contribution in [0.5, 0.6) is 11.6 Å². The van der Waals surface area contributed by atoms with E-state index in [1.165, 1.54) is 12.1 Å². The molecule has 0 atom stereocenters. The van der Waals surface area contributed by atoms with Crippen LogP contribution in [0, 0.1) is 31.0 Å². The monoisotopic (exact) mass is 258 g/mol. The number of halogens is 1. The molecule has 0 amide bonds. The van der Waals surface area contributed by atoms with Gasteiger partial charge in [0.15, 0.2) is 0 Å². The highest BCUT2D eigenvalue weighted by Crippen LogP contribution is 2.26. The van der Waals surface area contributed by atoms with Crippen molar-refractivity contribution in [1.29, 1.82) is 5.26 Å². The van der Waals surface area contributed by atoms with Gasteiger partial charge in [-0.15, -0.1) is 0 Å². The Bertz CT molecular complexity index is 679. The topological polar surface area (TPSA) is 84.8 Å². The summed E-state index contributed by atoms with van der Waals surface area (Å²) in [6.45, 7) is 3.39.